The number of morpholine rings is 1. The van der Waals surface area contributed by atoms with Crippen LogP contribution in [0.5, 0.6) is 11.5 Å². The second-order valence-corrected chi connectivity index (χ2v) is 7.13. The molecule has 0 atom stereocenters. The zero-order valence-electron chi connectivity index (χ0n) is 16.9. The molecule has 0 aromatic heterocycles. The minimum absolute atomic E-state index is 0.134. The summed E-state index contributed by atoms with van der Waals surface area (Å²) < 4.78 is 16.8. The van der Waals surface area contributed by atoms with Gasteiger partial charge in [0.15, 0.2) is 18.1 Å². The molecule has 0 unspecified atom stereocenters. The van der Waals surface area contributed by atoms with E-state index in [2.05, 4.69) is 31.8 Å². The molecule has 1 aromatic rings. The maximum Gasteiger partial charge on any atom is 0.329 e. The number of halogens is 1. The number of nitrogens with zero attached hydrogens (tertiary/aromatic N) is 2. The van der Waals surface area contributed by atoms with Crippen molar-refractivity contribution in [3.63, 3.8) is 0 Å². The van der Waals surface area contributed by atoms with Crippen molar-refractivity contribution in [1.82, 2.24) is 15.6 Å². The minimum atomic E-state index is -0.854. The molecule has 10 nitrogen and oxygen atoms in total. The minimum Gasteiger partial charge on any atom is -0.493 e. The number of carbonyl (C=O) groups excluding carboxylic acids is 3. The van der Waals surface area contributed by atoms with Gasteiger partial charge in [-0.2, -0.15) is 5.10 Å². The Kier molecular flexibility index (Phi) is 9.55. The molecule has 3 amide bonds. The van der Waals surface area contributed by atoms with E-state index in [0.717, 1.165) is 6.42 Å². The van der Waals surface area contributed by atoms with Crippen LogP contribution in [0.4, 0.5) is 0 Å². The van der Waals surface area contributed by atoms with Gasteiger partial charge in [0.1, 0.15) is 0 Å². The fourth-order valence-corrected chi connectivity index (χ4v) is 3.10. The molecule has 0 bridgehead atoms. The average Bonchev–Trinajstić information content (AvgIpc) is 2.76. The Hall–Kier alpha value is -2.66. The third kappa shape index (κ3) is 6.99. The SMILES string of the molecule is CCCNC(=O)C(=O)N/N=C\c1cc(Br)c(OCC(=O)N2CCOCC2)c(OC)c1. The van der Waals surface area contributed by atoms with Gasteiger partial charge < -0.3 is 24.4 Å². The van der Waals surface area contributed by atoms with Crippen LogP contribution < -0.4 is 20.2 Å². The Labute approximate surface area is 183 Å². The van der Waals surface area contributed by atoms with E-state index in [0.29, 0.717) is 54.4 Å². The highest BCUT2D eigenvalue weighted by Crippen LogP contribution is 2.36. The van der Waals surface area contributed by atoms with Crippen LogP contribution in [0, 0.1) is 0 Å². The number of hydrogen-bond donors (Lipinski definition) is 2. The van der Waals surface area contributed by atoms with Gasteiger partial charge >= 0.3 is 11.8 Å². The maximum atomic E-state index is 12.3. The van der Waals surface area contributed by atoms with Crippen LogP contribution in [-0.4, -0.2) is 75.4 Å². The lowest BCUT2D eigenvalue weighted by molar-refractivity contribution is -0.139. The summed E-state index contributed by atoms with van der Waals surface area (Å²) in [5.74, 6) is -0.984. The third-order valence-electron chi connectivity index (χ3n) is 4.08. The molecular weight excluding hydrogens is 460 g/mol. The largest absolute Gasteiger partial charge is 0.493 e. The molecule has 0 saturated carbocycles. The van der Waals surface area contributed by atoms with E-state index in [4.69, 9.17) is 14.2 Å². The molecule has 1 aliphatic rings. The van der Waals surface area contributed by atoms with Crippen LogP contribution in [0.3, 0.4) is 0 Å². The van der Waals surface area contributed by atoms with Crippen molar-refractivity contribution in [2.75, 3.05) is 46.6 Å². The van der Waals surface area contributed by atoms with Crippen LogP contribution in [0.1, 0.15) is 18.9 Å². The molecule has 1 aliphatic heterocycles. The molecule has 1 heterocycles. The molecular formula is C19H25BrN4O6. The summed E-state index contributed by atoms with van der Waals surface area (Å²) >= 11 is 3.39. The Morgan fingerprint density at radius 1 is 1.27 bits per heavy atom. The van der Waals surface area contributed by atoms with Crippen LogP contribution in [0.15, 0.2) is 21.7 Å². The molecule has 2 N–H and O–H groups in total. The van der Waals surface area contributed by atoms with Gasteiger partial charge in [0.25, 0.3) is 5.91 Å². The van der Waals surface area contributed by atoms with E-state index in [1.165, 1.54) is 13.3 Å². The van der Waals surface area contributed by atoms with Crippen molar-refractivity contribution in [1.29, 1.82) is 0 Å². The summed E-state index contributed by atoms with van der Waals surface area (Å²) in [5.41, 5.74) is 2.74. The number of hydrazone groups is 1. The Morgan fingerprint density at radius 3 is 2.67 bits per heavy atom. The summed E-state index contributed by atoms with van der Waals surface area (Å²) in [6.45, 7) is 4.28. The number of rotatable bonds is 8. The summed E-state index contributed by atoms with van der Waals surface area (Å²) in [4.78, 5) is 37.1. The molecule has 164 valence electrons. The van der Waals surface area contributed by atoms with Crippen molar-refractivity contribution in [3.05, 3.63) is 22.2 Å². The molecule has 30 heavy (non-hydrogen) atoms. The number of hydrogen-bond acceptors (Lipinski definition) is 7. The summed E-state index contributed by atoms with van der Waals surface area (Å²) in [6.07, 6.45) is 2.09. The van der Waals surface area contributed by atoms with E-state index >= 15 is 0 Å². The lowest BCUT2D eigenvalue weighted by Crippen LogP contribution is -2.43. The number of amides is 3. The first-order valence-electron chi connectivity index (χ1n) is 9.43. The van der Waals surface area contributed by atoms with Gasteiger partial charge in [-0.05, 0) is 40.0 Å². The van der Waals surface area contributed by atoms with Crippen molar-refractivity contribution in [2.24, 2.45) is 5.10 Å². The van der Waals surface area contributed by atoms with Gasteiger partial charge in [0.2, 0.25) is 0 Å². The maximum absolute atomic E-state index is 12.3. The van der Waals surface area contributed by atoms with Gasteiger partial charge in [0, 0.05) is 19.6 Å². The fraction of sp³-hybridized carbons (Fsp3) is 0.474. The number of carbonyl (C=O) groups is 3. The van der Waals surface area contributed by atoms with E-state index in [-0.39, 0.29) is 12.5 Å². The van der Waals surface area contributed by atoms with Crippen molar-refractivity contribution < 1.29 is 28.6 Å². The number of ether oxygens (including phenoxy) is 3. The molecule has 0 spiro atoms. The number of benzene rings is 1. The van der Waals surface area contributed by atoms with Gasteiger partial charge in [-0.25, -0.2) is 5.43 Å². The van der Waals surface area contributed by atoms with Gasteiger partial charge in [0.05, 0.1) is 31.0 Å². The summed E-state index contributed by atoms with van der Waals surface area (Å²) in [6, 6.07) is 3.32. The van der Waals surface area contributed by atoms with E-state index in [1.807, 2.05) is 6.92 Å². The van der Waals surface area contributed by atoms with Crippen LogP contribution in [-0.2, 0) is 19.1 Å². The second kappa shape index (κ2) is 12.1. The van der Waals surface area contributed by atoms with Crippen LogP contribution in [0.25, 0.3) is 0 Å². The predicted molar refractivity (Wildman–Crippen MR) is 113 cm³/mol. The normalized spacial score (nSPS) is 13.8. The quantitative estimate of drug-likeness (QED) is 0.318. The lowest BCUT2D eigenvalue weighted by Gasteiger charge is -2.26. The lowest BCUT2D eigenvalue weighted by atomic mass is 10.2. The molecule has 0 radical (unpaired) electrons. The molecule has 1 aromatic carbocycles. The van der Waals surface area contributed by atoms with Crippen molar-refractivity contribution in [3.8, 4) is 11.5 Å². The topological polar surface area (TPSA) is 119 Å². The van der Waals surface area contributed by atoms with E-state index in [9.17, 15) is 14.4 Å². The van der Waals surface area contributed by atoms with Gasteiger partial charge in [-0.1, -0.05) is 6.92 Å². The average molecular weight is 485 g/mol. The predicted octanol–water partition coefficient (Wildman–Crippen LogP) is 0.672. The second-order valence-electron chi connectivity index (χ2n) is 6.27. The number of methoxy groups -OCH3 is 1. The zero-order chi connectivity index (χ0) is 21.9. The first kappa shape index (κ1) is 23.6. The highest BCUT2D eigenvalue weighted by atomic mass is 79.9. The zero-order valence-corrected chi connectivity index (χ0v) is 18.5. The van der Waals surface area contributed by atoms with Gasteiger partial charge in [-0.3, -0.25) is 14.4 Å². The molecule has 11 heteroatoms. The summed E-state index contributed by atoms with van der Waals surface area (Å²) in [5, 5.41) is 6.23. The van der Waals surface area contributed by atoms with E-state index in [1.54, 1.807) is 17.0 Å². The Bertz CT molecular complexity index is 795. The van der Waals surface area contributed by atoms with Crippen molar-refractivity contribution >= 4 is 39.9 Å². The molecule has 2 rings (SSSR count). The standard InChI is InChI=1S/C19H25BrN4O6/c1-3-4-21-18(26)19(27)23-22-11-13-9-14(20)17(15(10-13)28-2)30-12-16(25)24-5-7-29-8-6-24/h9-11H,3-8,12H2,1-2H3,(H,21,26)(H,23,27)/b22-11-. The smallest absolute Gasteiger partial charge is 0.329 e. The van der Waals surface area contributed by atoms with Gasteiger partial charge in [-0.15, -0.1) is 0 Å². The highest BCUT2D eigenvalue weighted by molar-refractivity contribution is 9.10. The summed E-state index contributed by atoms with van der Waals surface area (Å²) in [7, 11) is 1.47. The number of nitrogens with one attached hydrogen (secondary N) is 2. The van der Waals surface area contributed by atoms with Crippen molar-refractivity contribution in [2.45, 2.75) is 13.3 Å². The van der Waals surface area contributed by atoms with Crippen LogP contribution in [0.2, 0.25) is 0 Å². The monoisotopic (exact) mass is 484 g/mol. The molecule has 1 fully saturated rings. The fourth-order valence-electron chi connectivity index (χ4n) is 2.53. The first-order valence-corrected chi connectivity index (χ1v) is 10.2. The first-order chi connectivity index (χ1) is 14.5. The molecule has 1 saturated heterocycles. The Morgan fingerprint density at radius 2 is 2.00 bits per heavy atom. The molecule has 0 aliphatic carbocycles. The van der Waals surface area contributed by atoms with Crippen LogP contribution >= 0.6 is 15.9 Å². The third-order valence-corrected chi connectivity index (χ3v) is 4.67. The Balaban J connectivity index is 1.98. The highest BCUT2D eigenvalue weighted by Gasteiger charge is 2.19. The van der Waals surface area contributed by atoms with E-state index < -0.39 is 11.8 Å².